The Kier molecular flexibility index (Phi) is 5.74. The summed E-state index contributed by atoms with van der Waals surface area (Å²) >= 11 is 0. The molecule has 1 saturated carbocycles. The Bertz CT molecular complexity index is 590. The van der Waals surface area contributed by atoms with Crippen LogP contribution in [0.2, 0.25) is 0 Å². The molecular weight excluding hydrogens is 316 g/mol. The third kappa shape index (κ3) is 4.60. The molecule has 2 amide bonds. The highest BCUT2D eigenvalue weighted by Gasteiger charge is 2.36. The molecule has 0 radical (unpaired) electrons. The van der Waals surface area contributed by atoms with Gasteiger partial charge in [0.15, 0.2) is 0 Å². The lowest BCUT2D eigenvalue weighted by atomic mass is 9.75. The molecule has 1 saturated heterocycles. The number of benzene rings is 1. The first-order valence-electron chi connectivity index (χ1n) is 9.31. The number of piperidine rings is 1. The molecule has 0 bridgehead atoms. The van der Waals surface area contributed by atoms with Gasteiger partial charge in [-0.1, -0.05) is 30.3 Å². The number of amides is 2. The smallest absolute Gasteiger partial charge is 0.223 e. The zero-order valence-electron chi connectivity index (χ0n) is 14.9. The van der Waals surface area contributed by atoms with E-state index in [1.54, 1.807) is 6.92 Å². The van der Waals surface area contributed by atoms with Crippen LogP contribution in [0.15, 0.2) is 30.3 Å². The van der Waals surface area contributed by atoms with Crippen molar-refractivity contribution in [1.29, 1.82) is 0 Å². The van der Waals surface area contributed by atoms with E-state index in [4.69, 9.17) is 0 Å². The summed E-state index contributed by atoms with van der Waals surface area (Å²) in [6, 6.07) is 10.3. The first kappa shape index (κ1) is 17.9. The third-order valence-corrected chi connectivity index (χ3v) is 5.66. The van der Waals surface area contributed by atoms with E-state index in [1.807, 2.05) is 23.1 Å². The van der Waals surface area contributed by atoms with Crippen LogP contribution in [0.25, 0.3) is 0 Å². The van der Waals surface area contributed by atoms with E-state index in [9.17, 15) is 14.7 Å². The van der Waals surface area contributed by atoms with Crippen LogP contribution in [0.1, 0.15) is 38.2 Å². The molecule has 25 heavy (non-hydrogen) atoms. The highest BCUT2D eigenvalue weighted by molar-refractivity contribution is 5.80. The fraction of sp³-hybridized carbons (Fsp3) is 0.600. The predicted molar refractivity (Wildman–Crippen MR) is 95.8 cm³/mol. The van der Waals surface area contributed by atoms with Gasteiger partial charge in [-0.15, -0.1) is 0 Å². The van der Waals surface area contributed by atoms with Crippen molar-refractivity contribution in [2.24, 2.45) is 11.8 Å². The van der Waals surface area contributed by atoms with Crippen LogP contribution in [0.4, 0.5) is 0 Å². The minimum atomic E-state index is -0.223. The Morgan fingerprint density at radius 2 is 1.84 bits per heavy atom. The number of nitrogens with one attached hydrogen (secondary N) is 1. The van der Waals surface area contributed by atoms with E-state index in [0.717, 1.165) is 32.1 Å². The van der Waals surface area contributed by atoms with Gasteiger partial charge in [-0.05, 0) is 43.6 Å². The highest BCUT2D eigenvalue weighted by Crippen LogP contribution is 2.32. The number of carbonyl (C=O) groups is 2. The zero-order chi connectivity index (χ0) is 17.8. The average molecular weight is 344 g/mol. The highest BCUT2D eigenvalue weighted by atomic mass is 16.3. The first-order valence-corrected chi connectivity index (χ1v) is 9.31. The van der Waals surface area contributed by atoms with Crippen molar-refractivity contribution in [2.75, 3.05) is 13.1 Å². The number of likely N-dealkylation sites (tertiary alicyclic amines) is 1. The second-order valence-electron chi connectivity index (χ2n) is 7.47. The molecule has 5 nitrogen and oxygen atoms in total. The summed E-state index contributed by atoms with van der Waals surface area (Å²) in [7, 11) is 0. The van der Waals surface area contributed by atoms with Gasteiger partial charge < -0.3 is 15.3 Å². The Hall–Kier alpha value is -1.88. The van der Waals surface area contributed by atoms with Gasteiger partial charge in [0, 0.05) is 32.0 Å². The molecule has 136 valence electrons. The molecular formula is C20H28N2O3. The van der Waals surface area contributed by atoms with Crippen molar-refractivity contribution in [2.45, 2.75) is 51.2 Å². The lowest BCUT2D eigenvalue weighted by Gasteiger charge is -2.39. The van der Waals surface area contributed by atoms with E-state index in [-0.39, 0.29) is 29.9 Å². The predicted octanol–water partition coefficient (Wildman–Crippen LogP) is 1.74. The fourth-order valence-electron chi connectivity index (χ4n) is 3.92. The summed E-state index contributed by atoms with van der Waals surface area (Å²) < 4.78 is 0. The number of nitrogens with zero attached hydrogens (tertiary/aromatic N) is 1. The minimum Gasteiger partial charge on any atom is -0.393 e. The third-order valence-electron chi connectivity index (χ3n) is 5.66. The van der Waals surface area contributed by atoms with Gasteiger partial charge in [-0.3, -0.25) is 9.59 Å². The van der Waals surface area contributed by atoms with Gasteiger partial charge in [0.25, 0.3) is 0 Å². The summed E-state index contributed by atoms with van der Waals surface area (Å²) in [5, 5.41) is 12.9. The van der Waals surface area contributed by atoms with Crippen LogP contribution in [0.3, 0.4) is 0 Å². The molecule has 2 aliphatic rings. The van der Waals surface area contributed by atoms with Crippen LogP contribution in [-0.2, 0) is 16.0 Å². The second kappa shape index (κ2) is 8.00. The van der Waals surface area contributed by atoms with E-state index in [0.29, 0.717) is 19.0 Å². The van der Waals surface area contributed by atoms with Gasteiger partial charge in [-0.25, -0.2) is 0 Å². The molecule has 1 aromatic rings. The minimum absolute atomic E-state index is 0.0149. The monoisotopic (exact) mass is 344 g/mol. The first-order chi connectivity index (χ1) is 12.0. The van der Waals surface area contributed by atoms with Crippen molar-refractivity contribution in [3.8, 4) is 0 Å². The Labute approximate surface area is 149 Å². The number of aliphatic hydroxyl groups is 1. The van der Waals surface area contributed by atoms with Gasteiger partial charge in [-0.2, -0.15) is 0 Å². The van der Waals surface area contributed by atoms with Gasteiger partial charge in [0.1, 0.15) is 0 Å². The number of carbonyl (C=O) groups excluding carboxylic acids is 2. The topological polar surface area (TPSA) is 69.6 Å². The average Bonchev–Trinajstić information content (AvgIpc) is 2.59. The van der Waals surface area contributed by atoms with E-state index >= 15 is 0 Å². The zero-order valence-corrected chi connectivity index (χ0v) is 14.9. The molecule has 1 atom stereocenters. The SMILES string of the molecule is CC(=O)N1CCC(C(=O)N[C@H](Cc2ccccc2)C2CC(O)C2)CC1. The van der Waals surface area contributed by atoms with Crippen LogP contribution in [0, 0.1) is 11.8 Å². The fourth-order valence-corrected chi connectivity index (χ4v) is 3.92. The number of rotatable bonds is 5. The number of hydrogen-bond donors (Lipinski definition) is 2. The van der Waals surface area contributed by atoms with E-state index in [2.05, 4.69) is 17.4 Å². The summed E-state index contributed by atoms with van der Waals surface area (Å²) in [6.45, 7) is 2.91. The molecule has 0 aromatic heterocycles. The van der Waals surface area contributed by atoms with Gasteiger partial charge in [0.05, 0.1) is 6.10 Å². The molecule has 3 rings (SSSR count). The molecule has 0 spiro atoms. The van der Waals surface area contributed by atoms with Crippen LogP contribution >= 0.6 is 0 Å². The van der Waals surface area contributed by atoms with E-state index < -0.39 is 0 Å². The van der Waals surface area contributed by atoms with Crippen LogP contribution < -0.4 is 5.32 Å². The molecule has 1 heterocycles. The second-order valence-corrected chi connectivity index (χ2v) is 7.47. The van der Waals surface area contributed by atoms with E-state index in [1.165, 1.54) is 5.56 Å². The largest absolute Gasteiger partial charge is 0.393 e. The molecule has 0 unspecified atom stereocenters. The summed E-state index contributed by atoms with van der Waals surface area (Å²) in [5.41, 5.74) is 1.21. The summed E-state index contributed by atoms with van der Waals surface area (Å²) in [4.78, 5) is 26.0. The molecule has 5 heteroatoms. The quantitative estimate of drug-likeness (QED) is 0.855. The Morgan fingerprint density at radius 1 is 1.20 bits per heavy atom. The summed E-state index contributed by atoms with van der Waals surface area (Å²) in [5.74, 6) is 0.519. The lowest BCUT2D eigenvalue weighted by Crippen LogP contribution is -2.51. The van der Waals surface area contributed by atoms with Crippen LogP contribution in [-0.4, -0.2) is 47.1 Å². The molecule has 1 aliphatic carbocycles. The van der Waals surface area contributed by atoms with Crippen molar-refractivity contribution < 1.29 is 14.7 Å². The lowest BCUT2D eigenvalue weighted by molar-refractivity contribution is -0.134. The molecule has 1 aromatic carbocycles. The number of hydrogen-bond acceptors (Lipinski definition) is 3. The van der Waals surface area contributed by atoms with Gasteiger partial charge >= 0.3 is 0 Å². The van der Waals surface area contributed by atoms with Crippen LogP contribution in [0.5, 0.6) is 0 Å². The Balaban J connectivity index is 1.58. The standard InChI is InChI=1S/C20H28N2O3/c1-14(23)22-9-7-16(8-10-22)20(25)21-19(17-12-18(24)13-17)11-15-5-3-2-4-6-15/h2-6,16-19,24H,7-13H2,1H3,(H,21,25)/t17?,18?,19-/m1/s1. The maximum Gasteiger partial charge on any atom is 0.223 e. The van der Waals surface area contributed by atoms with Crippen molar-refractivity contribution in [1.82, 2.24) is 10.2 Å². The Morgan fingerprint density at radius 3 is 2.40 bits per heavy atom. The number of aliphatic hydroxyl groups excluding tert-OH is 1. The van der Waals surface area contributed by atoms with Crippen molar-refractivity contribution in [3.63, 3.8) is 0 Å². The molecule has 2 fully saturated rings. The maximum atomic E-state index is 12.7. The van der Waals surface area contributed by atoms with Crippen molar-refractivity contribution >= 4 is 11.8 Å². The summed E-state index contributed by atoms with van der Waals surface area (Å²) in [6.07, 6.45) is 3.57. The maximum absolute atomic E-state index is 12.7. The normalized spacial score (nSPS) is 25.1. The molecule has 1 aliphatic heterocycles. The van der Waals surface area contributed by atoms with Crippen molar-refractivity contribution in [3.05, 3.63) is 35.9 Å². The molecule has 2 N–H and O–H groups in total. The van der Waals surface area contributed by atoms with Gasteiger partial charge in [0.2, 0.25) is 11.8 Å².